The monoisotopic (exact) mass is 518 g/mol. The molecule has 0 saturated carbocycles. The van der Waals surface area contributed by atoms with Crippen LogP contribution in [0.5, 0.6) is 0 Å². The Morgan fingerprint density at radius 1 is 1.34 bits per heavy atom. The summed E-state index contributed by atoms with van der Waals surface area (Å²) in [7, 11) is 0. The van der Waals surface area contributed by atoms with E-state index in [9.17, 15) is 14.4 Å². The second-order valence-corrected chi connectivity index (χ2v) is 10.6. The Labute approximate surface area is 205 Å². The number of β-lactam (4-membered cyclic amide) rings is 1. The third kappa shape index (κ3) is 5.09. The lowest BCUT2D eigenvalue weighted by Gasteiger charge is -2.52. The number of benzene rings is 1. The van der Waals surface area contributed by atoms with E-state index in [0.717, 1.165) is 0 Å². The number of hydrogen-bond donors (Lipinski definition) is 0. The summed E-state index contributed by atoms with van der Waals surface area (Å²) < 4.78 is 10.6. The minimum atomic E-state index is -1.70. The van der Waals surface area contributed by atoms with Crippen LogP contribution in [0.4, 0.5) is 0 Å². The zero-order chi connectivity index (χ0) is 23.8. The normalized spacial score (nSPS) is 23.5. The second kappa shape index (κ2) is 9.25. The van der Waals surface area contributed by atoms with Gasteiger partial charge in [-0.1, -0.05) is 46.9 Å². The summed E-state index contributed by atoms with van der Waals surface area (Å²) in [5.41, 5.74) is 0.175. The summed E-state index contributed by atoms with van der Waals surface area (Å²) in [4.78, 5) is 41.2. The van der Waals surface area contributed by atoms with Crippen molar-refractivity contribution in [3.05, 3.63) is 46.1 Å². The van der Waals surface area contributed by atoms with Crippen LogP contribution < -0.4 is 0 Å². The largest absolute Gasteiger partial charge is 0.461 e. The molecule has 0 N–H and O–H groups in total. The van der Waals surface area contributed by atoms with Gasteiger partial charge in [0, 0.05) is 28.8 Å². The average molecular weight is 520 g/mol. The molecule has 1 aromatic carbocycles. The van der Waals surface area contributed by atoms with Crippen LogP contribution in [0, 0.1) is 0 Å². The Bertz CT molecular complexity index is 1040. The van der Waals surface area contributed by atoms with Gasteiger partial charge in [0.15, 0.2) is 0 Å². The number of carbonyl (C=O) groups is 3. The number of aliphatic imine (C=N–C) groups is 1. The third-order valence-electron chi connectivity index (χ3n) is 4.44. The summed E-state index contributed by atoms with van der Waals surface area (Å²) in [6.45, 7) is 6.26. The Balaban J connectivity index is 1.95. The van der Waals surface area contributed by atoms with Gasteiger partial charge in [0.05, 0.1) is 0 Å². The molecular weight excluding hydrogens is 499 g/mol. The van der Waals surface area contributed by atoms with E-state index in [-0.39, 0.29) is 23.2 Å². The topological polar surface area (TPSA) is 85.3 Å². The number of hydrogen-bond acceptors (Lipinski definition) is 7. The molecule has 2 heterocycles. The fraction of sp³-hybridized carbons (Fsp3) is 0.429. The van der Waals surface area contributed by atoms with Crippen LogP contribution in [0.1, 0.15) is 33.3 Å². The smallest absolute Gasteiger partial charge is 0.355 e. The SMILES string of the molecule is CC(=O)OCC1=C(C(=O)OC(C)(C)C)N2C(=O)C(Cl)(N=C(Cl)c3cccc(Cl)c3)[C@H]2SC1. The second-order valence-electron chi connectivity index (χ2n) is 8.16. The first-order valence-corrected chi connectivity index (χ1v) is 11.8. The number of esters is 2. The molecule has 0 aromatic heterocycles. The molecule has 3 rings (SSSR count). The van der Waals surface area contributed by atoms with Crippen molar-refractivity contribution in [2.75, 3.05) is 12.4 Å². The predicted molar refractivity (Wildman–Crippen MR) is 125 cm³/mol. The van der Waals surface area contributed by atoms with Gasteiger partial charge in [-0.3, -0.25) is 14.5 Å². The lowest BCUT2D eigenvalue weighted by Crippen LogP contribution is -2.70. The lowest BCUT2D eigenvalue weighted by atomic mass is 10.0. The molecule has 172 valence electrons. The van der Waals surface area contributed by atoms with Gasteiger partial charge >= 0.3 is 11.9 Å². The van der Waals surface area contributed by atoms with Gasteiger partial charge in [-0.15, -0.1) is 11.8 Å². The molecule has 1 saturated heterocycles. The standard InChI is InChI=1S/C21H21Cl3N2O5S/c1-11(27)30-9-13-10-32-19-21(24,25-16(23)12-6-5-7-14(22)8-12)18(29)26(19)15(13)17(28)31-20(2,3)4/h5-8,19H,9-10H2,1-4H3/t19-,21?/m1/s1. The van der Waals surface area contributed by atoms with E-state index in [2.05, 4.69) is 4.99 Å². The first-order chi connectivity index (χ1) is 14.8. The van der Waals surface area contributed by atoms with Crippen molar-refractivity contribution in [1.29, 1.82) is 0 Å². The number of ether oxygens (including phenoxy) is 2. The predicted octanol–water partition coefficient (Wildman–Crippen LogP) is 4.33. The minimum Gasteiger partial charge on any atom is -0.461 e. The Morgan fingerprint density at radius 3 is 2.62 bits per heavy atom. The average Bonchev–Trinajstić information content (AvgIpc) is 2.69. The number of thioether (sulfide) groups is 1. The van der Waals surface area contributed by atoms with Crippen LogP contribution in [0.15, 0.2) is 40.5 Å². The summed E-state index contributed by atoms with van der Waals surface area (Å²) in [6.07, 6.45) is 0. The van der Waals surface area contributed by atoms with Crippen molar-refractivity contribution in [3.63, 3.8) is 0 Å². The van der Waals surface area contributed by atoms with Gasteiger partial charge < -0.3 is 9.47 Å². The highest BCUT2D eigenvalue weighted by Crippen LogP contribution is 2.51. The van der Waals surface area contributed by atoms with E-state index in [4.69, 9.17) is 44.3 Å². The molecule has 32 heavy (non-hydrogen) atoms. The summed E-state index contributed by atoms with van der Waals surface area (Å²) in [5, 5.41) is -0.226. The van der Waals surface area contributed by atoms with E-state index in [1.165, 1.54) is 23.6 Å². The summed E-state index contributed by atoms with van der Waals surface area (Å²) in [6, 6.07) is 6.68. The number of nitrogens with zero attached hydrogens (tertiary/aromatic N) is 2. The van der Waals surface area contributed by atoms with Crippen molar-refractivity contribution in [3.8, 4) is 0 Å². The van der Waals surface area contributed by atoms with Gasteiger partial charge in [-0.05, 0) is 32.9 Å². The molecule has 1 unspecified atom stereocenters. The molecule has 0 aliphatic carbocycles. The third-order valence-corrected chi connectivity index (χ3v) is 6.94. The summed E-state index contributed by atoms with van der Waals surface area (Å²) >= 11 is 20.2. The fourth-order valence-corrected chi connectivity index (χ4v) is 5.35. The molecule has 2 aliphatic heterocycles. The maximum absolute atomic E-state index is 13.2. The molecule has 0 radical (unpaired) electrons. The van der Waals surface area contributed by atoms with Crippen LogP contribution in [0.25, 0.3) is 0 Å². The molecule has 1 fully saturated rings. The highest BCUT2D eigenvalue weighted by Gasteiger charge is 2.65. The number of fused-ring (bicyclic) bond motifs is 1. The highest BCUT2D eigenvalue weighted by atomic mass is 35.5. The quantitative estimate of drug-likeness (QED) is 0.189. The van der Waals surface area contributed by atoms with Crippen LogP contribution in [0.3, 0.4) is 0 Å². The minimum absolute atomic E-state index is 0.0141. The zero-order valence-electron chi connectivity index (χ0n) is 17.8. The lowest BCUT2D eigenvalue weighted by molar-refractivity contribution is -0.159. The molecule has 11 heteroatoms. The van der Waals surface area contributed by atoms with Crippen LogP contribution >= 0.6 is 46.6 Å². The number of halogens is 3. The van der Waals surface area contributed by atoms with E-state index in [1.807, 2.05) is 0 Å². The number of amides is 1. The van der Waals surface area contributed by atoms with Crippen molar-refractivity contribution in [2.45, 2.75) is 43.7 Å². The number of rotatable bonds is 5. The zero-order valence-corrected chi connectivity index (χ0v) is 20.9. The molecule has 0 bridgehead atoms. The van der Waals surface area contributed by atoms with E-state index in [0.29, 0.717) is 16.2 Å². The first-order valence-electron chi connectivity index (χ1n) is 9.57. The van der Waals surface area contributed by atoms with E-state index >= 15 is 0 Å². The van der Waals surface area contributed by atoms with Crippen LogP contribution in [-0.4, -0.2) is 56.2 Å². The van der Waals surface area contributed by atoms with Gasteiger partial charge in [0.1, 0.15) is 28.4 Å². The Kier molecular flexibility index (Phi) is 7.20. The van der Waals surface area contributed by atoms with E-state index < -0.39 is 33.8 Å². The van der Waals surface area contributed by atoms with Crippen molar-refractivity contribution in [2.24, 2.45) is 4.99 Å². The molecule has 1 amide bonds. The first kappa shape index (κ1) is 24.9. The number of alkyl halides is 1. The Hall–Kier alpha value is -1.74. The highest BCUT2D eigenvalue weighted by molar-refractivity contribution is 8.00. The van der Waals surface area contributed by atoms with Crippen molar-refractivity contribution >= 4 is 69.6 Å². The molecule has 0 spiro atoms. The molecule has 1 aromatic rings. The molecular formula is C21H21Cl3N2O5S. The maximum Gasteiger partial charge on any atom is 0.355 e. The fourth-order valence-electron chi connectivity index (χ4n) is 3.10. The molecule has 2 aliphatic rings. The maximum atomic E-state index is 13.2. The van der Waals surface area contributed by atoms with Gasteiger partial charge in [-0.2, -0.15) is 0 Å². The van der Waals surface area contributed by atoms with Crippen LogP contribution in [-0.2, 0) is 23.9 Å². The van der Waals surface area contributed by atoms with Gasteiger partial charge in [0.2, 0.25) is 5.00 Å². The number of carbonyl (C=O) groups excluding carboxylic acids is 3. The van der Waals surface area contributed by atoms with Gasteiger partial charge in [-0.25, -0.2) is 9.79 Å². The van der Waals surface area contributed by atoms with Crippen molar-refractivity contribution < 1.29 is 23.9 Å². The van der Waals surface area contributed by atoms with E-state index in [1.54, 1.807) is 45.0 Å². The van der Waals surface area contributed by atoms with Gasteiger partial charge in [0.25, 0.3) is 5.91 Å². The van der Waals surface area contributed by atoms with Crippen molar-refractivity contribution in [1.82, 2.24) is 4.90 Å². The van der Waals surface area contributed by atoms with Crippen LogP contribution in [0.2, 0.25) is 5.02 Å². The molecule has 7 nitrogen and oxygen atoms in total. The molecule has 2 atom stereocenters. The summed E-state index contributed by atoms with van der Waals surface area (Å²) in [5.74, 6) is -1.55. The Morgan fingerprint density at radius 2 is 2.03 bits per heavy atom.